The van der Waals surface area contributed by atoms with E-state index in [9.17, 15) is 9.90 Å². The van der Waals surface area contributed by atoms with Crippen LogP contribution in [0.3, 0.4) is 0 Å². The number of ketones is 1. The van der Waals surface area contributed by atoms with Gasteiger partial charge in [0.25, 0.3) is 0 Å². The first-order valence-electron chi connectivity index (χ1n) is 8.94. The highest BCUT2D eigenvalue weighted by Crippen LogP contribution is 2.63. The van der Waals surface area contributed by atoms with Crippen LogP contribution in [0.2, 0.25) is 0 Å². The van der Waals surface area contributed by atoms with Crippen molar-refractivity contribution in [2.24, 2.45) is 17.3 Å². The lowest BCUT2D eigenvalue weighted by atomic mass is 9.55. The SMILES string of the molecule is C[C@]12CCC3=C4CCC(=O)C=C4CC[C@H]3[C@@H]1CC[C@@]2(O)C=CI. The Labute approximate surface area is 152 Å². The lowest BCUT2D eigenvalue weighted by Gasteiger charge is -2.51. The molecule has 0 heterocycles. The summed E-state index contributed by atoms with van der Waals surface area (Å²) in [6, 6.07) is 0. The minimum Gasteiger partial charge on any atom is -0.385 e. The molecule has 3 heteroatoms. The molecule has 2 saturated carbocycles. The number of halogens is 1. The van der Waals surface area contributed by atoms with Crippen molar-refractivity contribution < 1.29 is 9.90 Å². The third kappa shape index (κ3) is 2.25. The number of carbonyl (C=O) groups is 1. The van der Waals surface area contributed by atoms with Crippen LogP contribution >= 0.6 is 22.6 Å². The molecule has 0 amide bonds. The number of hydrogen-bond donors (Lipinski definition) is 1. The predicted molar refractivity (Wildman–Crippen MR) is 100 cm³/mol. The van der Waals surface area contributed by atoms with Gasteiger partial charge in [-0.15, -0.1) is 0 Å². The Balaban J connectivity index is 1.73. The van der Waals surface area contributed by atoms with E-state index >= 15 is 0 Å². The maximum Gasteiger partial charge on any atom is 0.156 e. The molecule has 0 aliphatic heterocycles. The summed E-state index contributed by atoms with van der Waals surface area (Å²) < 4.78 is 1.99. The van der Waals surface area contributed by atoms with Crippen LogP contribution in [0.4, 0.5) is 0 Å². The second kappa shape index (κ2) is 5.55. The molecule has 0 aromatic carbocycles. The van der Waals surface area contributed by atoms with Crippen LogP contribution in [-0.4, -0.2) is 16.5 Å². The molecule has 0 spiro atoms. The van der Waals surface area contributed by atoms with Gasteiger partial charge in [-0.05, 0) is 84.2 Å². The van der Waals surface area contributed by atoms with Crippen molar-refractivity contribution >= 4 is 28.4 Å². The Morgan fingerprint density at radius 1 is 1.22 bits per heavy atom. The van der Waals surface area contributed by atoms with Crippen molar-refractivity contribution in [1.82, 2.24) is 0 Å². The smallest absolute Gasteiger partial charge is 0.156 e. The molecular weight excluding hydrogens is 399 g/mol. The Hall–Kier alpha value is -0.420. The van der Waals surface area contributed by atoms with Gasteiger partial charge in [0.1, 0.15) is 0 Å². The lowest BCUT2D eigenvalue weighted by Crippen LogP contribution is -2.48. The van der Waals surface area contributed by atoms with E-state index in [0.717, 1.165) is 38.5 Å². The number of fused-ring (bicyclic) bond motifs is 4. The van der Waals surface area contributed by atoms with E-state index < -0.39 is 5.60 Å². The Bertz CT molecular complexity index is 644. The first kappa shape index (κ1) is 16.1. The summed E-state index contributed by atoms with van der Waals surface area (Å²) in [5.74, 6) is 1.53. The first-order chi connectivity index (χ1) is 11.0. The Morgan fingerprint density at radius 2 is 2.04 bits per heavy atom. The van der Waals surface area contributed by atoms with Gasteiger partial charge in [0.2, 0.25) is 0 Å². The van der Waals surface area contributed by atoms with Gasteiger partial charge >= 0.3 is 0 Å². The van der Waals surface area contributed by atoms with Crippen LogP contribution in [0, 0.1) is 17.3 Å². The van der Waals surface area contributed by atoms with Crippen LogP contribution in [-0.2, 0) is 4.79 Å². The van der Waals surface area contributed by atoms with Gasteiger partial charge in [0, 0.05) is 11.8 Å². The minimum absolute atomic E-state index is 0.00903. The Kier molecular flexibility index (Phi) is 3.88. The maximum absolute atomic E-state index is 11.7. The molecule has 2 nitrogen and oxygen atoms in total. The van der Waals surface area contributed by atoms with Crippen LogP contribution < -0.4 is 0 Å². The number of rotatable bonds is 1. The van der Waals surface area contributed by atoms with E-state index in [1.807, 2.05) is 16.2 Å². The Morgan fingerprint density at radius 3 is 2.83 bits per heavy atom. The molecule has 23 heavy (non-hydrogen) atoms. The van der Waals surface area contributed by atoms with Gasteiger partial charge in [-0.25, -0.2) is 0 Å². The van der Waals surface area contributed by atoms with Gasteiger partial charge in [-0.2, -0.15) is 0 Å². The summed E-state index contributed by atoms with van der Waals surface area (Å²) in [7, 11) is 0. The van der Waals surface area contributed by atoms with E-state index in [1.54, 1.807) is 5.57 Å². The van der Waals surface area contributed by atoms with Crippen molar-refractivity contribution in [3.05, 3.63) is 33.0 Å². The van der Waals surface area contributed by atoms with E-state index in [2.05, 4.69) is 29.5 Å². The number of hydrogen-bond acceptors (Lipinski definition) is 2. The maximum atomic E-state index is 11.7. The summed E-state index contributed by atoms with van der Waals surface area (Å²) in [4.78, 5) is 11.7. The molecule has 4 aliphatic carbocycles. The topological polar surface area (TPSA) is 37.3 Å². The van der Waals surface area contributed by atoms with Crippen molar-refractivity contribution in [3.63, 3.8) is 0 Å². The van der Waals surface area contributed by atoms with Gasteiger partial charge in [-0.3, -0.25) is 4.79 Å². The van der Waals surface area contributed by atoms with Gasteiger partial charge in [-0.1, -0.05) is 35.1 Å². The van der Waals surface area contributed by atoms with Crippen LogP contribution in [0.5, 0.6) is 0 Å². The molecule has 1 N–H and O–H groups in total. The van der Waals surface area contributed by atoms with Crippen LogP contribution in [0.1, 0.15) is 58.3 Å². The zero-order chi connectivity index (χ0) is 16.2. The van der Waals surface area contributed by atoms with Crippen molar-refractivity contribution in [3.8, 4) is 0 Å². The third-order valence-electron chi connectivity index (χ3n) is 7.29. The average Bonchev–Trinajstić information content (AvgIpc) is 2.79. The second-order valence-corrected chi connectivity index (χ2v) is 8.78. The standard InChI is InChI=1S/C20H25IO2/c1-19-8-6-16-15-5-3-14(22)12-13(15)2-4-17(16)18(19)7-9-20(19,23)10-11-21/h10-12,17-18,23H,2-9H2,1H3/t17-,18+,19+,20-/m1/s1. The van der Waals surface area contributed by atoms with Gasteiger partial charge < -0.3 is 5.11 Å². The number of carbonyl (C=O) groups excluding carboxylic acids is 1. The fourth-order valence-corrected chi connectivity index (χ4v) is 6.56. The molecule has 124 valence electrons. The van der Waals surface area contributed by atoms with Crippen molar-refractivity contribution in [2.75, 3.05) is 0 Å². The average molecular weight is 424 g/mol. The summed E-state index contributed by atoms with van der Waals surface area (Å²) in [6.07, 6.45) is 12.0. The predicted octanol–water partition coefficient (Wildman–Crippen LogP) is 4.87. The molecule has 4 rings (SSSR count). The molecule has 0 unspecified atom stereocenters. The molecule has 4 atom stereocenters. The molecule has 0 aromatic rings. The van der Waals surface area contributed by atoms with E-state index in [1.165, 1.54) is 17.6 Å². The number of allylic oxidation sites excluding steroid dienone is 4. The second-order valence-electron chi connectivity index (χ2n) is 8.06. The molecule has 0 radical (unpaired) electrons. The summed E-state index contributed by atoms with van der Waals surface area (Å²) in [6.45, 7) is 2.32. The van der Waals surface area contributed by atoms with Crippen molar-refractivity contribution in [1.29, 1.82) is 0 Å². The highest BCUT2D eigenvalue weighted by Gasteiger charge is 2.59. The van der Waals surface area contributed by atoms with E-state index in [-0.39, 0.29) is 5.41 Å². The summed E-state index contributed by atoms with van der Waals surface area (Å²) >= 11 is 2.23. The fourth-order valence-electron chi connectivity index (χ4n) is 5.96. The highest BCUT2D eigenvalue weighted by atomic mass is 127. The normalized spacial score (nSPS) is 43.3. The largest absolute Gasteiger partial charge is 0.385 e. The minimum atomic E-state index is -0.631. The van der Waals surface area contributed by atoms with E-state index in [4.69, 9.17) is 0 Å². The quantitative estimate of drug-likeness (QED) is 0.610. The summed E-state index contributed by atoms with van der Waals surface area (Å²) in [5.41, 5.74) is 3.86. The van der Waals surface area contributed by atoms with Gasteiger partial charge in [0.05, 0.1) is 5.60 Å². The zero-order valence-electron chi connectivity index (χ0n) is 13.8. The molecule has 0 saturated heterocycles. The first-order valence-corrected chi connectivity index (χ1v) is 10.2. The van der Waals surface area contributed by atoms with Crippen LogP contribution in [0.15, 0.2) is 33.0 Å². The molecular formula is C20H25IO2. The molecule has 4 aliphatic rings. The van der Waals surface area contributed by atoms with Crippen LogP contribution in [0.25, 0.3) is 0 Å². The van der Waals surface area contributed by atoms with Crippen molar-refractivity contribution in [2.45, 2.75) is 63.9 Å². The molecule has 0 aromatic heterocycles. The highest BCUT2D eigenvalue weighted by molar-refractivity contribution is 14.1. The lowest BCUT2D eigenvalue weighted by molar-refractivity contribution is -0.114. The zero-order valence-corrected chi connectivity index (χ0v) is 15.9. The molecule has 0 bridgehead atoms. The van der Waals surface area contributed by atoms with E-state index in [0.29, 0.717) is 24.0 Å². The fraction of sp³-hybridized carbons (Fsp3) is 0.650. The third-order valence-corrected chi connectivity index (χ3v) is 7.65. The van der Waals surface area contributed by atoms with Gasteiger partial charge in [0.15, 0.2) is 5.78 Å². The monoisotopic (exact) mass is 424 g/mol. The molecule has 2 fully saturated rings. The summed E-state index contributed by atoms with van der Waals surface area (Å²) in [5, 5.41) is 11.2. The number of aliphatic hydroxyl groups is 1.